The lowest BCUT2D eigenvalue weighted by Crippen LogP contribution is -2.46. The molecule has 0 aromatic heterocycles. The predicted molar refractivity (Wildman–Crippen MR) is 72.1 cm³/mol. The third-order valence-electron chi connectivity index (χ3n) is 3.75. The Labute approximate surface area is 103 Å². The molecule has 1 aliphatic rings. The smallest absolute Gasteiger partial charge is 0.0383 e. The molecule has 0 amide bonds. The Morgan fingerprint density at radius 3 is 2.69 bits per heavy atom. The van der Waals surface area contributed by atoms with Crippen LogP contribution in [0.25, 0.3) is 0 Å². The Morgan fingerprint density at radius 2 is 2.12 bits per heavy atom. The molecule has 1 saturated carbocycles. The molecule has 1 N–H and O–H groups in total. The van der Waals surface area contributed by atoms with Crippen molar-refractivity contribution in [3.05, 3.63) is 0 Å². The first-order chi connectivity index (χ1) is 7.52. The first-order valence-electron chi connectivity index (χ1n) is 6.59. The van der Waals surface area contributed by atoms with Crippen molar-refractivity contribution < 1.29 is 4.21 Å². The van der Waals surface area contributed by atoms with Crippen LogP contribution in [0.5, 0.6) is 0 Å². The fourth-order valence-corrected chi connectivity index (χ4v) is 3.74. The molecule has 16 heavy (non-hydrogen) atoms. The summed E-state index contributed by atoms with van der Waals surface area (Å²) in [6.45, 7) is 6.82. The van der Waals surface area contributed by atoms with Crippen molar-refractivity contribution in [1.82, 2.24) is 5.32 Å². The zero-order chi connectivity index (χ0) is 12.1. The molecule has 3 heteroatoms. The minimum absolute atomic E-state index is 0.387. The summed E-state index contributed by atoms with van der Waals surface area (Å²) in [5, 5.41) is 3.68. The standard InChI is InChI=1S/C13H27NOS/c1-5-12-8-10(2)6-7-13(12)14-11(3)9-16(4)15/h10-14H,5-9H2,1-4H3. The fourth-order valence-electron chi connectivity index (χ4n) is 2.93. The van der Waals surface area contributed by atoms with Gasteiger partial charge in [-0.3, -0.25) is 4.21 Å². The van der Waals surface area contributed by atoms with E-state index in [2.05, 4.69) is 26.1 Å². The maximum Gasteiger partial charge on any atom is 0.0383 e. The molecule has 0 spiro atoms. The number of hydrogen-bond acceptors (Lipinski definition) is 2. The van der Waals surface area contributed by atoms with Crippen LogP contribution in [-0.2, 0) is 10.8 Å². The monoisotopic (exact) mass is 245 g/mol. The van der Waals surface area contributed by atoms with Crippen molar-refractivity contribution in [3.63, 3.8) is 0 Å². The zero-order valence-corrected chi connectivity index (χ0v) is 12.0. The second-order valence-electron chi connectivity index (χ2n) is 5.50. The molecule has 5 atom stereocenters. The lowest BCUT2D eigenvalue weighted by Gasteiger charge is -2.36. The van der Waals surface area contributed by atoms with Gasteiger partial charge in [-0.2, -0.15) is 0 Å². The van der Waals surface area contributed by atoms with Gasteiger partial charge in [0.1, 0.15) is 0 Å². The van der Waals surface area contributed by atoms with Crippen molar-refractivity contribution in [2.24, 2.45) is 11.8 Å². The summed E-state index contributed by atoms with van der Waals surface area (Å²) in [6.07, 6.45) is 7.05. The molecule has 0 aliphatic heterocycles. The highest BCUT2D eigenvalue weighted by Gasteiger charge is 2.28. The Hall–Kier alpha value is 0.110. The van der Waals surface area contributed by atoms with Gasteiger partial charge in [0.05, 0.1) is 0 Å². The first-order valence-corrected chi connectivity index (χ1v) is 8.31. The molecule has 5 unspecified atom stereocenters. The van der Waals surface area contributed by atoms with Gasteiger partial charge in [-0.1, -0.05) is 20.3 Å². The fraction of sp³-hybridized carbons (Fsp3) is 1.00. The van der Waals surface area contributed by atoms with E-state index >= 15 is 0 Å². The van der Waals surface area contributed by atoms with Gasteiger partial charge in [-0.15, -0.1) is 0 Å². The van der Waals surface area contributed by atoms with Gasteiger partial charge in [-0.05, 0) is 38.0 Å². The molecule has 0 aromatic rings. The van der Waals surface area contributed by atoms with Crippen LogP contribution in [0.1, 0.15) is 46.5 Å². The van der Waals surface area contributed by atoms with Gasteiger partial charge in [-0.25, -0.2) is 0 Å². The molecular weight excluding hydrogens is 218 g/mol. The zero-order valence-electron chi connectivity index (χ0n) is 11.2. The molecule has 2 nitrogen and oxygen atoms in total. The molecule has 0 heterocycles. The SMILES string of the molecule is CCC1CC(C)CCC1NC(C)CS(C)=O. The van der Waals surface area contributed by atoms with Crippen molar-refractivity contribution in [2.45, 2.75) is 58.5 Å². The largest absolute Gasteiger partial charge is 0.310 e. The number of hydrogen-bond donors (Lipinski definition) is 1. The maximum absolute atomic E-state index is 11.2. The van der Waals surface area contributed by atoms with Crippen LogP contribution in [0.2, 0.25) is 0 Å². The van der Waals surface area contributed by atoms with E-state index in [4.69, 9.17) is 0 Å². The summed E-state index contributed by atoms with van der Waals surface area (Å²) in [5.41, 5.74) is 0. The van der Waals surface area contributed by atoms with Gasteiger partial charge in [0.15, 0.2) is 0 Å². The summed E-state index contributed by atoms with van der Waals surface area (Å²) in [5.74, 6) is 2.48. The van der Waals surface area contributed by atoms with Crippen LogP contribution in [0.15, 0.2) is 0 Å². The minimum atomic E-state index is -0.683. The summed E-state index contributed by atoms with van der Waals surface area (Å²) >= 11 is 0. The molecule has 0 saturated heterocycles. The maximum atomic E-state index is 11.2. The Bertz CT molecular complexity index is 232. The molecule has 0 bridgehead atoms. The quantitative estimate of drug-likeness (QED) is 0.806. The lowest BCUT2D eigenvalue weighted by atomic mass is 9.77. The summed E-state index contributed by atoms with van der Waals surface area (Å²) in [7, 11) is -0.683. The van der Waals surface area contributed by atoms with Gasteiger partial charge in [0, 0.05) is 34.9 Å². The number of nitrogens with one attached hydrogen (secondary N) is 1. The van der Waals surface area contributed by atoms with Gasteiger partial charge in [0.25, 0.3) is 0 Å². The average Bonchev–Trinajstić information content (AvgIpc) is 2.19. The van der Waals surface area contributed by atoms with Crippen molar-refractivity contribution in [3.8, 4) is 0 Å². The highest BCUT2D eigenvalue weighted by atomic mass is 32.2. The van der Waals surface area contributed by atoms with Crippen LogP contribution in [0.3, 0.4) is 0 Å². The molecule has 1 rings (SSSR count). The average molecular weight is 245 g/mol. The molecule has 1 fully saturated rings. The third-order valence-corrected chi connectivity index (χ3v) is 4.72. The van der Waals surface area contributed by atoms with E-state index in [1.165, 1.54) is 25.7 Å². The van der Waals surface area contributed by atoms with E-state index in [0.717, 1.165) is 17.6 Å². The van der Waals surface area contributed by atoms with Crippen LogP contribution in [0.4, 0.5) is 0 Å². The van der Waals surface area contributed by atoms with Crippen molar-refractivity contribution in [2.75, 3.05) is 12.0 Å². The van der Waals surface area contributed by atoms with Crippen LogP contribution in [0, 0.1) is 11.8 Å². The van der Waals surface area contributed by atoms with Gasteiger partial charge >= 0.3 is 0 Å². The lowest BCUT2D eigenvalue weighted by molar-refractivity contribution is 0.200. The van der Waals surface area contributed by atoms with Gasteiger partial charge in [0.2, 0.25) is 0 Å². The first kappa shape index (κ1) is 14.2. The molecular formula is C13H27NOS. The van der Waals surface area contributed by atoms with Crippen molar-refractivity contribution in [1.29, 1.82) is 0 Å². The second-order valence-corrected chi connectivity index (χ2v) is 6.98. The van der Waals surface area contributed by atoms with Crippen molar-refractivity contribution >= 4 is 10.8 Å². The van der Waals surface area contributed by atoms with Crippen LogP contribution >= 0.6 is 0 Å². The third kappa shape index (κ3) is 4.54. The normalized spacial score (nSPS) is 34.6. The van der Waals surface area contributed by atoms with E-state index in [1.807, 2.05) is 0 Å². The minimum Gasteiger partial charge on any atom is -0.310 e. The van der Waals surface area contributed by atoms with E-state index in [1.54, 1.807) is 6.26 Å². The second kappa shape index (κ2) is 6.75. The molecule has 0 aromatic carbocycles. The summed E-state index contributed by atoms with van der Waals surface area (Å²) in [4.78, 5) is 0. The van der Waals surface area contributed by atoms with E-state index in [0.29, 0.717) is 12.1 Å². The predicted octanol–water partition coefficient (Wildman–Crippen LogP) is 2.56. The van der Waals surface area contributed by atoms with Gasteiger partial charge < -0.3 is 5.32 Å². The Kier molecular flexibility index (Phi) is 5.98. The Morgan fingerprint density at radius 1 is 1.44 bits per heavy atom. The highest BCUT2D eigenvalue weighted by Crippen LogP contribution is 2.31. The summed E-state index contributed by atoms with van der Waals surface area (Å²) in [6, 6.07) is 1.04. The van der Waals surface area contributed by atoms with E-state index in [9.17, 15) is 4.21 Å². The van der Waals surface area contributed by atoms with E-state index in [-0.39, 0.29) is 0 Å². The van der Waals surface area contributed by atoms with Crippen LogP contribution < -0.4 is 5.32 Å². The summed E-state index contributed by atoms with van der Waals surface area (Å²) < 4.78 is 11.2. The molecule has 1 aliphatic carbocycles. The van der Waals surface area contributed by atoms with E-state index < -0.39 is 10.8 Å². The highest BCUT2D eigenvalue weighted by molar-refractivity contribution is 7.84. The number of rotatable bonds is 5. The Balaban J connectivity index is 2.42. The molecule has 96 valence electrons. The van der Waals surface area contributed by atoms with Crippen LogP contribution in [-0.4, -0.2) is 28.3 Å². The topological polar surface area (TPSA) is 29.1 Å². The molecule has 0 radical (unpaired) electrons.